The molecule has 0 unspecified atom stereocenters. The number of aromatic nitrogens is 3. The molecule has 0 saturated carbocycles. The summed E-state index contributed by atoms with van der Waals surface area (Å²) in [7, 11) is 0. The van der Waals surface area contributed by atoms with Crippen LogP contribution in [0.15, 0.2) is 60.3 Å². The second-order valence-corrected chi connectivity index (χ2v) is 9.38. The number of rotatable bonds is 4. The summed E-state index contributed by atoms with van der Waals surface area (Å²) in [6, 6.07) is 10.7. The van der Waals surface area contributed by atoms with Crippen LogP contribution in [0.5, 0.6) is 0 Å². The summed E-state index contributed by atoms with van der Waals surface area (Å²) >= 11 is 6.19. The van der Waals surface area contributed by atoms with Crippen molar-refractivity contribution < 1.29 is 4.74 Å². The van der Waals surface area contributed by atoms with Gasteiger partial charge in [-0.05, 0) is 68.2 Å². The maximum atomic E-state index is 6.19. The summed E-state index contributed by atoms with van der Waals surface area (Å²) < 4.78 is 7.78. The molecule has 0 saturated heterocycles. The zero-order valence-electron chi connectivity index (χ0n) is 18.3. The third-order valence-corrected chi connectivity index (χ3v) is 6.86. The van der Waals surface area contributed by atoms with E-state index in [0.29, 0.717) is 13.2 Å². The maximum Gasteiger partial charge on any atom is 0.163 e. The molecule has 2 atom stereocenters. The third-order valence-electron chi connectivity index (χ3n) is 6.61. The number of hydrogen-bond acceptors (Lipinski definition) is 4. The molecule has 0 N–H and O–H groups in total. The fourth-order valence-corrected chi connectivity index (χ4v) is 5.03. The highest BCUT2D eigenvalue weighted by molar-refractivity contribution is 6.30. The van der Waals surface area contributed by atoms with Crippen molar-refractivity contribution in [2.24, 2.45) is 0 Å². The van der Waals surface area contributed by atoms with E-state index in [2.05, 4.69) is 82.9 Å². The number of hydrogen-bond donors (Lipinski definition) is 0. The van der Waals surface area contributed by atoms with Gasteiger partial charge in [-0.15, -0.1) is 10.2 Å². The maximum absolute atomic E-state index is 6.19. The lowest BCUT2D eigenvalue weighted by atomic mass is 9.88. The summed E-state index contributed by atoms with van der Waals surface area (Å²) in [5.41, 5.74) is 5.58. The lowest BCUT2D eigenvalue weighted by Crippen LogP contribution is -2.47. The lowest BCUT2D eigenvalue weighted by Gasteiger charge is -2.44. The van der Waals surface area contributed by atoms with Gasteiger partial charge in [-0.2, -0.15) is 0 Å². The summed E-state index contributed by atoms with van der Waals surface area (Å²) in [5.74, 6) is 0.897. The quantitative estimate of drug-likeness (QED) is 0.531. The van der Waals surface area contributed by atoms with E-state index in [0.717, 1.165) is 22.1 Å². The van der Waals surface area contributed by atoms with Crippen LogP contribution in [0.1, 0.15) is 42.4 Å². The van der Waals surface area contributed by atoms with E-state index in [1.165, 1.54) is 16.7 Å². The fraction of sp³-hybridized carbons (Fsp3) is 0.360. The molecule has 1 aromatic carbocycles. The first-order valence-electron chi connectivity index (χ1n) is 10.7. The van der Waals surface area contributed by atoms with Crippen LogP contribution in [0.4, 0.5) is 0 Å². The summed E-state index contributed by atoms with van der Waals surface area (Å²) in [5, 5.41) is 9.35. The molecule has 0 bridgehead atoms. The molecule has 0 fully saturated rings. The summed E-state index contributed by atoms with van der Waals surface area (Å²) in [6.07, 6.45) is 9.05. The number of fused-ring (bicyclic) bond motifs is 1. The number of pyridine rings is 1. The van der Waals surface area contributed by atoms with E-state index in [9.17, 15) is 0 Å². The molecule has 0 spiro atoms. The predicted octanol–water partition coefficient (Wildman–Crippen LogP) is 5.17. The Bertz CT molecular complexity index is 1190. The van der Waals surface area contributed by atoms with Crippen LogP contribution in [0.2, 0.25) is 5.02 Å². The van der Waals surface area contributed by atoms with Gasteiger partial charge in [0.15, 0.2) is 5.65 Å². The Hall–Kier alpha value is -2.47. The molecule has 5 nitrogen and oxygen atoms in total. The third kappa shape index (κ3) is 3.41. The molecule has 31 heavy (non-hydrogen) atoms. The van der Waals surface area contributed by atoms with Crippen molar-refractivity contribution in [2.45, 2.75) is 45.3 Å². The van der Waals surface area contributed by atoms with E-state index in [1.54, 1.807) is 0 Å². The first-order chi connectivity index (χ1) is 14.9. The van der Waals surface area contributed by atoms with Gasteiger partial charge in [-0.25, -0.2) is 0 Å². The molecule has 4 heterocycles. The molecule has 6 heteroatoms. The SMILES string of the molecule is Cc1cc([C@@H]2C=C[C@@H](C3=CCOC3)N2C(C)(C)c2ccc(Cl)cc2)cn2c(C)nnc12. The van der Waals surface area contributed by atoms with Gasteiger partial charge in [0.25, 0.3) is 0 Å². The van der Waals surface area contributed by atoms with Crippen molar-refractivity contribution in [1.82, 2.24) is 19.5 Å². The Labute approximate surface area is 188 Å². The minimum Gasteiger partial charge on any atom is -0.373 e. The Morgan fingerprint density at radius 1 is 1.06 bits per heavy atom. The van der Waals surface area contributed by atoms with Crippen molar-refractivity contribution >= 4 is 17.2 Å². The smallest absolute Gasteiger partial charge is 0.163 e. The van der Waals surface area contributed by atoms with E-state index in [1.807, 2.05) is 19.1 Å². The van der Waals surface area contributed by atoms with Crippen LogP contribution in [-0.4, -0.2) is 38.8 Å². The van der Waals surface area contributed by atoms with Gasteiger partial charge in [-0.3, -0.25) is 9.30 Å². The monoisotopic (exact) mass is 434 g/mol. The topological polar surface area (TPSA) is 42.7 Å². The fourth-order valence-electron chi connectivity index (χ4n) is 4.91. The largest absolute Gasteiger partial charge is 0.373 e. The molecule has 2 aromatic heterocycles. The number of benzene rings is 1. The highest BCUT2D eigenvalue weighted by Gasteiger charge is 2.42. The molecule has 2 aliphatic heterocycles. The van der Waals surface area contributed by atoms with Crippen LogP contribution in [0.25, 0.3) is 5.65 Å². The van der Waals surface area contributed by atoms with Gasteiger partial charge in [0.1, 0.15) is 5.82 Å². The number of ether oxygens (including phenoxy) is 1. The molecule has 0 amide bonds. The van der Waals surface area contributed by atoms with E-state index >= 15 is 0 Å². The van der Waals surface area contributed by atoms with Crippen LogP contribution in [-0.2, 0) is 10.3 Å². The Morgan fingerprint density at radius 3 is 2.52 bits per heavy atom. The molecule has 3 aromatic rings. The van der Waals surface area contributed by atoms with Crippen molar-refractivity contribution in [2.75, 3.05) is 13.2 Å². The Morgan fingerprint density at radius 2 is 1.81 bits per heavy atom. The first kappa shape index (κ1) is 20.4. The van der Waals surface area contributed by atoms with E-state index in [-0.39, 0.29) is 17.6 Å². The molecule has 5 rings (SSSR count). The van der Waals surface area contributed by atoms with Crippen LogP contribution in [0, 0.1) is 13.8 Å². The molecular weight excluding hydrogens is 408 g/mol. The molecule has 160 valence electrons. The Kier molecular flexibility index (Phi) is 5.00. The van der Waals surface area contributed by atoms with Gasteiger partial charge < -0.3 is 4.74 Å². The first-order valence-corrected chi connectivity index (χ1v) is 11.1. The highest BCUT2D eigenvalue weighted by Crippen LogP contribution is 2.44. The van der Waals surface area contributed by atoms with Gasteiger partial charge in [0.2, 0.25) is 0 Å². The second kappa shape index (κ2) is 7.59. The average molecular weight is 435 g/mol. The molecule has 0 aliphatic carbocycles. The van der Waals surface area contributed by atoms with Crippen molar-refractivity contribution in [3.63, 3.8) is 0 Å². The van der Waals surface area contributed by atoms with Gasteiger partial charge in [0.05, 0.1) is 25.3 Å². The zero-order chi connectivity index (χ0) is 21.8. The predicted molar refractivity (Wildman–Crippen MR) is 123 cm³/mol. The van der Waals surface area contributed by atoms with Gasteiger partial charge >= 0.3 is 0 Å². The van der Waals surface area contributed by atoms with Gasteiger partial charge in [-0.1, -0.05) is 42.0 Å². The number of nitrogens with zero attached hydrogens (tertiary/aromatic N) is 4. The van der Waals surface area contributed by atoms with Gasteiger partial charge in [0, 0.05) is 16.8 Å². The van der Waals surface area contributed by atoms with E-state index < -0.39 is 0 Å². The minimum atomic E-state index is -0.238. The van der Waals surface area contributed by atoms with E-state index in [4.69, 9.17) is 16.3 Å². The van der Waals surface area contributed by atoms with Crippen molar-refractivity contribution in [3.05, 3.63) is 87.9 Å². The molecular formula is C25H27ClN4O. The normalized spacial score (nSPS) is 21.9. The van der Waals surface area contributed by atoms with Crippen LogP contribution in [0.3, 0.4) is 0 Å². The summed E-state index contributed by atoms with van der Waals surface area (Å²) in [4.78, 5) is 2.58. The summed E-state index contributed by atoms with van der Waals surface area (Å²) in [6.45, 7) is 10.0. The Balaban J connectivity index is 1.63. The molecule has 0 radical (unpaired) electrons. The number of aryl methyl sites for hydroxylation is 2. The molecule has 2 aliphatic rings. The second-order valence-electron chi connectivity index (χ2n) is 8.94. The minimum absolute atomic E-state index is 0.113. The van der Waals surface area contributed by atoms with Crippen LogP contribution >= 0.6 is 11.6 Å². The zero-order valence-corrected chi connectivity index (χ0v) is 19.1. The highest BCUT2D eigenvalue weighted by atomic mass is 35.5. The van der Waals surface area contributed by atoms with Crippen molar-refractivity contribution in [3.8, 4) is 0 Å². The van der Waals surface area contributed by atoms with Crippen molar-refractivity contribution in [1.29, 1.82) is 0 Å². The number of halogens is 1. The average Bonchev–Trinajstić information content (AvgIpc) is 3.48. The van der Waals surface area contributed by atoms with Crippen LogP contribution < -0.4 is 0 Å². The standard InChI is InChI=1S/C25H27ClN4O/c1-16-13-19(14-29-17(2)27-28-24(16)29)23-10-9-22(18-11-12-31-15-18)30(23)25(3,4)20-5-7-21(26)8-6-20/h5-11,13-14,22-23H,12,15H2,1-4H3/t22-,23-/m0/s1. The lowest BCUT2D eigenvalue weighted by molar-refractivity contribution is 0.0788.